The Kier molecular flexibility index (Phi) is 3.51. The van der Waals surface area contributed by atoms with Crippen molar-refractivity contribution < 1.29 is 0 Å². The van der Waals surface area contributed by atoms with Crippen LogP contribution in [0, 0.1) is 0 Å². The zero-order valence-electron chi connectivity index (χ0n) is 5.83. The maximum atomic E-state index is 5.31. The normalized spacial score (nSPS) is 13.4. The van der Waals surface area contributed by atoms with Crippen molar-refractivity contribution in [2.24, 2.45) is 16.5 Å². The fourth-order valence-electron chi connectivity index (χ4n) is 0.278. The lowest BCUT2D eigenvalue weighted by Gasteiger charge is -1.93. The highest BCUT2D eigenvalue weighted by Crippen LogP contribution is 1.84. The number of allylic oxidation sites excluding steroid dienone is 1. The molecule has 0 amide bonds. The molecule has 0 aromatic heterocycles. The number of aliphatic imine (C=N–C) groups is 1. The molecule has 0 atom stereocenters. The van der Waals surface area contributed by atoms with Crippen LogP contribution in [0.4, 0.5) is 0 Å². The second-order valence-electron chi connectivity index (χ2n) is 2.04. The summed E-state index contributed by atoms with van der Waals surface area (Å²) in [5, 5.41) is 0. The first-order chi connectivity index (χ1) is 4.16. The number of hydrogen-bond acceptors (Lipinski definition) is 3. The molecule has 0 heterocycles. The smallest absolute Gasteiger partial charge is 0.0653 e. The van der Waals surface area contributed by atoms with E-state index in [1.165, 1.54) is 6.20 Å². The molecule has 0 saturated heterocycles. The molecule has 0 spiro atoms. The van der Waals surface area contributed by atoms with Gasteiger partial charge in [-0.05, 0) is 13.8 Å². The van der Waals surface area contributed by atoms with Crippen LogP contribution in [0.5, 0.6) is 0 Å². The lowest BCUT2D eigenvalue weighted by Crippen LogP contribution is -2.03. The van der Waals surface area contributed by atoms with Gasteiger partial charge in [-0.1, -0.05) is 0 Å². The molecule has 0 aliphatic rings. The van der Waals surface area contributed by atoms with Gasteiger partial charge in [0.2, 0.25) is 0 Å². The molecular formula is C6H13N3. The lowest BCUT2D eigenvalue weighted by atomic mass is 10.4. The van der Waals surface area contributed by atoms with Crippen LogP contribution in [0.15, 0.2) is 16.9 Å². The van der Waals surface area contributed by atoms with Crippen LogP contribution in [-0.2, 0) is 0 Å². The Morgan fingerprint density at radius 1 is 1.56 bits per heavy atom. The SMILES string of the molecule is CC(C)N=CC(N)=CN. The highest BCUT2D eigenvalue weighted by molar-refractivity contribution is 5.76. The molecule has 0 rings (SSSR count). The van der Waals surface area contributed by atoms with Crippen LogP contribution in [0.1, 0.15) is 13.8 Å². The van der Waals surface area contributed by atoms with Gasteiger partial charge >= 0.3 is 0 Å². The zero-order chi connectivity index (χ0) is 7.28. The number of rotatable bonds is 2. The molecule has 0 saturated carbocycles. The molecule has 0 aliphatic heterocycles. The summed E-state index contributed by atoms with van der Waals surface area (Å²) in [5.41, 5.74) is 10.9. The van der Waals surface area contributed by atoms with Crippen molar-refractivity contribution in [1.29, 1.82) is 0 Å². The summed E-state index contributed by atoms with van der Waals surface area (Å²) in [5.74, 6) is 0. The van der Waals surface area contributed by atoms with Gasteiger partial charge in [0.15, 0.2) is 0 Å². The van der Waals surface area contributed by atoms with Gasteiger partial charge in [-0.2, -0.15) is 0 Å². The minimum atomic E-state index is 0.281. The average molecular weight is 127 g/mol. The Morgan fingerprint density at radius 3 is 2.44 bits per heavy atom. The van der Waals surface area contributed by atoms with E-state index in [1.807, 2.05) is 13.8 Å². The summed E-state index contributed by atoms with van der Waals surface area (Å²) < 4.78 is 0. The predicted octanol–water partition coefficient (Wildman–Crippen LogP) is 0.224. The molecule has 3 heteroatoms. The van der Waals surface area contributed by atoms with Crippen molar-refractivity contribution in [3.63, 3.8) is 0 Å². The van der Waals surface area contributed by atoms with Gasteiger partial charge in [-0.25, -0.2) is 0 Å². The van der Waals surface area contributed by atoms with E-state index in [1.54, 1.807) is 6.21 Å². The Labute approximate surface area is 55.4 Å². The van der Waals surface area contributed by atoms with Crippen LogP contribution in [0.25, 0.3) is 0 Å². The van der Waals surface area contributed by atoms with Gasteiger partial charge in [-0.15, -0.1) is 0 Å². The largest absolute Gasteiger partial charge is 0.403 e. The summed E-state index contributed by atoms with van der Waals surface area (Å²) in [6, 6.07) is 0.281. The fraction of sp³-hybridized carbons (Fsp3) is 0.500. The van der Waals surface area contributed by atoms with Crippen LogP contribution in [0.3, 0.4) is 0 Å². The minimum absolute atomic E-state index is 0.281. The lowest BCUT2D eigenvalue weighted by molar-refractivity contribution is 0.840. The zero-order valence-corrected chi connectivity index (χ0v) is 5.83. The minimum Gasteiger partial charge on any atom is -0.403 e. The maximum absolute atomic E-state index is 5.31. The van der Waals surface area contributed by atoms with E-state index in [9.17, 15) is 0 Å². The molecule has 4 N–H and O–H groups in total. The van der Waals surface area contributed by atoms with Gasteiger partial charge < -0.3 is 11.5 Å². The van der Waals surface area contributed by atoms with E-state index < -0.39 is 0 Å². The topological polar surface area (TPSA) is 64.4 Å². The molecule has 0 bridgehead atoms. The molecule has 9 heavy (non-hydrogen) atoms. The summed E-state index contributed by atoms with van der Waals surface area (Å²) in [7, 11) is 0. The van der Waals surface area contributed by atoms with Gasteiger partial charge in [0.05, 0.1) is 5.70 Å². The molecule has 0 aromatic carbocycles. The second kappa shape index (κ2) is 3.95. The second-order valence-corrected chi connectivity index (χ2v) is 2.04. The van der Waals surface area contributed by atoms with Crippen molar-refractivity contribution in [3.8, 4) is 0 Å². The van der Waals surface area contributed by atoms with E-state index in [-0.39, 0.29) is 6.04 Å². The highest BCUT2D eigenvalue weighted by atomic mass is 14.8. The quantitative estimate of drug-likeness (QED) is 0.521. The van der Waals surface area contributed by atoms with E-state index in [4.69, 9.17) is 11.5 Å². The van der Waals surface area contributed by atoms with Gasteiger partial charge in [-0.3, -0.25) is 4.99 Å². The van der Waals surface area contributed by atoms with Crippen LogP contribution >= 0.6 is 0 Å². The molecule has 0 fully saturated rings. The summed E-state index contributed by atoms with van der Waals surface area (Å²) >= 11 is 0. The van der Waals surface area contributed by atoms with Crippen molar-refractivity contribution in [2.45, 2.75) is 19.9 Å². The average Bonchev–Trinajstić information content (AvgIpc) is 1.83. The molecule has 3 nitrogen and oxygen atoms in total. The molecule has 0 aromatic rings. The van der Waals surface area contributed by atoms with E-state index >= 15 is 0 Å². The number of nitrogens with zero attached hydrogens (tertiary/aromatic N) is 1. The Bertz CT molecular complexity index is 124. The third-order valence-corrected chi connectivity index (χ3v) is 0.714. The van der Waals surface area contributed by atoms with E-state index in [2.05, 4.69) is 4.99 Å². The van der Waals surface area contributed by atoms with Crippen LogP contribution in [0.2, 0.25) is 0 Å². The first-order valence-corrected chi connectivity index (χ1v) is 2.87. The summed E-state index contributed by atoms with van der Waals surface area (Å²) in [6.45, 7) is 3.95. The van der Waals surface area contributed by atoms with E-state index in [0.717, 1.165) is 0 Å². The van der Waals surface area contributed by atoms with Crippen LogP contribution < -0.4 is 11.5 Å². The van der Waals surface area contributed by atoms with Gasteiger partial charge in [0.25, 0.3) is 0 Å². The molecule has 0 radical (unpaired) electrons. The molecule has 0 unspecified atom stereocenters. The predicted molar refractivity (Wildman–Crippen MR) is 40.1 cm³/mol. The van der Waals surface area contributed by atoms with Crippen molar-refractivity contribution in [3.05, 3.63) is 11.9 Å². The van der Waals surface area contributed by atoms with Crippen LogP contribution in [-0.4, -0.2) is 12.3 Å². The molecule has 0 aliphatic carbocycles. The Balaban J connectivity index is 3.71. The monoisotopic (exact) mass is 127 g/mol. The number of hydrogen-bond donors (Lipinski definition) is 2. The summed E-state index contributed by atoms with van der Waals surface area (Å²) in [4.78, 5) is 4.00. The highest BCUT2D eigenvalue weighted by Gasteiger charge is 1.83. The molecular weight excluding hydrogens is 114 g/mol. The summed E-state index contributed by atoms with van der Waals surface area (Å²) in [6.07, 6.45) is 2.89. The maximum Gasteiger partial charge on any atom is 0.0653 e. The van der Waals surface area contributed by atoms with Gasteiger partial charge in [0.1, 0.15) is 0 Å². The Morgan fingerprint density at radius 2 is 2.11 bits per heavy atom. The first-order valence-electron chi connectivity index (χ1n) is 2.87. The van der Waals surface area contributed by atoms with E-state index in [0.29, 0.717) is 5.70 Å². The van der Waals surface area contributed by atoms with Gasteiger partial charge in [0, 0.05) is 18.5 Å². The van der Waals surface area contributed by atoms with Crippen molar-refractivity contribution in [2.75, 3.05) is 0 Å². The first kappa shape index (κ1) is 8.01. The van der Waals surface area contributed by atoms with Crippen molar-refractivity contribution >= 4 is 6.21 Å². The Hall–Kier alpha value is -0.990. The number of nitrogens with two attached hydrogens (primary N) is 2. The third kappa shape index (κ3) is 4.87. The van der Waals surface area contributed by atoms with Crippen molar-refractivity contribution in [1.82, 2.24) is 0 Å². The third-order valence-electron chi connectivity index (χ3n) is 0.714. The molecule has 52 valence electrons. The fourth-order valence-corrected chi connectivity index (χ4v) is 0.278. The standard InChI is InChI=1S/C6H13N3/c1-5(2)9-4-6(8)3-7/h3-5H,7-8H2,1-2H3.